The van der Waals surface area contributed by atoms with Gasteiger partial charge in [-0.05, 0) is 48.9 Å². The SMILES string of the molecule is CNC(=O)c1ncn(-c2ccc(NC(=O)c3ccc(C)c(Cl)c3)cc2)c1C(N)=O. The molecule has 9 heteroatoms. The minimum atomic E-state index is -0.783. The Labute approximate surface area is 171 Å². The summed E-state index contributed by atoms with van der Waals surface area (Å²) in [6.07, 6.45) is 1.34. The third-order valence-corrected chi connectivity index (χ3v) is 4.69. The molecule has 0 spiro atoms. The molecule has 3 rings (SSSR count). The van der Waals surface area contributed by atoms with Gasteiger partial charge in [0.05, 0.1) is 0 Å². The molecule has 0 saturated heterocycles. The van der Waals surface area contributed by atoms with E-state index in [0.717, 1.165) is 5.56 Å². The Balaban J connectivity index is 1.84. The van der Waals surface area contributed by atoms with Crippen LogP contribution in [0.25, 0.3) is 5.69 Å². The number of aryl methyl sites for hydroxylation is 1. The van der Waals surface area contributed by atoms with Crippen molar-refractivity contribution in [3.8, 4) is 5.69 Å². The molecular formula is C20H18ClN5O3. The number of carbonyl (C=O) groups excluding carboxylic acids is 3. The maximum Gasteiger partial charge on any atom is 0.272 e. The molecule has 0 bridgehead atoms. The van der Waals surface area contributed by atoms with E-state index >= 15 is 0 Å². The normalized spacial score (nSPS) is 10.4. The average molecular weight is 412 g/mol. The summed E-state index contributed by atoms with van der Waals surface area (Å²) in [4.78, 5) is 40.1. The van der Waals surface area contributed by atoms with Crippen LogP contribution in [-0.4, -0.2) is 34.3 Å². The Morgan fingerprint density at radius 3 is 2.34 bits per heavy atom. The first-order valence-electron chi connectivity index (χ1n) is 8.59. The van der Waals surface area contributed by atoms with Gasteiger partial charge in [0.2, 0.25) is 0 Å². The Kier molecular flexibility index (Phi) is 5.65. The Morgan fingerprint density at radius 2 is 1.76 bits per heavy atom. The highest BCUT2D eigenvalue weighted by atomic mass is 35.5. The number of aromatic nitrogens is 2. The lowest BCUT2D eigenvalue weighted by molar-refractivity contribution is 0.0937. The molecule has 0 saturated carbocycles. The second-order valence-electron chi connectivity index (χ2n) is 6.22. The summed E-state index contributed by atoms with van der Waals surface area (Å²) in [6, 6.07) is 11.7. The number of benzene rings is 2. The largest absolute Gasteiger partial charge is 0.364 e. The van der Waals surface area contributed by atoms with Crippen molar-refractivity contribution in [2.45, 2.75) is 6.92 Å². The third kappa shape index (κ3) is 4.12. The molecular weight excluding hydrogens is 394 g/mol. The molecule has 0 unspecified atom stereocenters. The minimum absolute atomic E-state index is 0.0320. The van der Waals surface area contributed by atoms with Crippen molar-refractivity contribution in [2.24, 2.45) is 5.73 Å². The predicted molar refractivity (Wildman–Crippen MR) is 110 cm³/mol. The number of nitrogens with zero attached hydrogens (tertiary/aromatic N) is 2. The van der Waals surface area contributed by atoms with Crippen molar-refractivity contribution in [2.75, 3.05) is 12.4 Å². The summed E-state index contributed by atoms with van der Waals surface area (Å²) < 4.78 is 1.41. The molecule has 2 aromatic carbocycles. The zero-order valence-corrected chi connectivity index (χ0v) is 16.4. The lowest BCUT2D eigenvalue weighted by atomic mass is 10.1. The molecule has 1 heterocycles. The second kappa shape index (κ2) is 8.15. The fraction of sp³-hybridized carbons (Fsp3) is 0.100. The first-order valence-corrected chi connectivity index (χ1v) is 8.96. The van der Waals surface area contributed by atoms with E-state index in [9.17, 15) is 14.4 Å². The fourth-order valence-corrected chi connectivity index (χ4v) is 2.89. The van der Waals surface area contributed by atoms with Crippen molar-refractivity contribution >= 4 is 35.0 Å². The molecule has 0 aliphatic rings. The second-order valence-corrected chi connectivity index (χ2v) is 6.63. The van der Waals surface area contributed by atoms with E-state index in [-0.39, 0.29) is 17.3 Å². The average Bonchev–Trinajstić information content (AvgIpc) is 3.15. The van der Waals surface area contributed by atoms with E-state index in [2.05, 4.69) is 15.6 Å². The van der Waals surface area contributed by atoms with Crippen LogP contribution in [0.4, 0.5) is 5.69 Å². The van der Waals surface area contributed by atoms with Crippen molar-refractivity contribution < 1.29 is 14.4 Å². The van der Waals surface area contributed by atoms with Crippen LogP contribution in [0.3, 0.4) is 0 Å². The van der Waals surface area contributed by atoms with Gasteiger partial charge in [-0.15, -0.1) is 0 Å². The maximum atomic E-state index is 12.4. The summed E-state index contributed by atoms with van der Waals surface area (Å²) >= 11 is 6.07. The molecule has 3 aromatic rings. The van der Waals surface area contributed by atoms with Crippen LogP contribution in [-0.2, 0) is 0 Å². The van der Waals surface area contributed by atoms with Crippen LogP contribution in [0.1, 0.15) is 36.9 Å². The number of rotatable bonds is 5. The highest BCUT2D eigenvalue weighted by molar-refractivity contribution is 6.31. The highest BCUT2D eigenvalue weighted by Crippen LogP contribution is 2.20. The number of nitrogens with one attached hydrogen (secondary N) is 2. The predicted octanol–water partition coefficient (Wildman–Crippen LogP) is 2.54. The van der Waals surface area contributed by atoms with Gasteiger partial charge in [0.1, 0.15) is 12.0 Å². The van der Waals surface area contributed by atoms with Gasteiger partial charge in [0.15, 0.2) is 5.69 Å². The smallest absolute Gasteiger partial charge is 0.272 e. The molecule has 3 amide bonds. The number of amides is 3. The number of carbonyl (C=O) groups is 3. The van der Waals surface area contributed by atoms with Gasteiger partial charge in [-0.2, -0.15) is 0 Å². The first kappa shape index (κ1) is 20.1. The Bertz CT molecular complexity index is 1110. The number of halogens is 1. The van der Waals surface area contributed by atoms with Gasteiger partial charge in [-0.3, -0.25) is 19.0 Å². The van der Waals surface area contributed by atoms with E-state index in [1.54, 1.807) is 42.5 Å². The van der Waals surface area contributed by atoms with Crippen LogP contribution < -0.4 is 16.4 Å². The molecule has 8 nitrogen and oxygen atoms in total. The molecule has 0 aliphatic heterocycles. The summed E-state index contributed by atoms with van der Waals surface area (Å²) in [7, 11) is 1.44. The lowest BCUT2D eigenvalue weighted by Crippen LogP contribution is -2.25. The zero-order valence-electron chi connectivity index (χ0n) is 15.7. The first-order chi connectivity index (χ1) is 13.8. The Hall–Kier alpha value is -3.65. The molecule has 0 radical (unpaired) electrons. The molecule has 1 aromatic heterocycles. The summed E-state index contributed by atoms with van der Waals surface area (Å²) in [5.74, 6) is -1.60. The number of hydrogen-bond acceptors (Lipinski definition) is 4. The number of anilines is 1. The van der Waals surface area contributed by atoms with Gasteiger partial charge in [0.25, 0.3) is 17.7 Å². The number of imidazole rings is 1. The number of nitrogens with two attached hydrogens (primary N) is 1. The summed E-state index contributed by atoms with van der Waals surface area (Å²) in [5, 5.41) is 5.70. The van der Waals surface area contributed by atoms with E-state index in [0.29, 0.717) is 22.0 Å². The van der Waals surface area contributed by atoms with E-state index < -0.39 is 11.8 Å². The topological polar surface area (TPSA) is 119 Å². The van der Waals surface area contributed by atoms with Crippen molar-refractivity contribution in [1.29, 1.82) is 0 Å². The van der Waals surface area contributed by atoms with Crippen LogP contribution in [0.5, 0.6) is 0 Å². The van der Waals surface area contributed by atoms with Crippen LogP contribution in [0.15, 0.2) is 48.8 Å². The molecule has 0 atom stereocenters. The van der Waals surface area contributed by atoms with Gasteiger partial charge < -0.3 is 16.4 Å². The monoisotopic (exact) mass is 411 g/mol. The third-order valence-electron chi connectivity index (χ3n) is 4.28. The van der Waals surface area contributed by atoms with E-state index in [1.165, 1.54) is 17.9 Å². The van der Waals surface area contributed by atoms with E-state index in [4.69, 9.17) is 17.3 Å². The van der Waals surface area contributed by atoms with E-state index in [1.807, 2.05) is 6.92 Å². The fourth-order valence-electron chi connectivity index (χ4n) is 2.71. The van der Waals surface area contributed by atoms with Crippen LogP contribution in [0.2, 0.25) is 5.02 Å². The maximum absolute atomic E-state index is 12.4. The minimum Gasteiger partial charge on any atom is -0.364 e. The van der Waals surface area contributed by atoms with Gasteiger partial charge in [-0.25, -0.2) is 4.98 Å². The Morgan fingerprint density at radius 1 is 1.07 bits per heavy atom. The molecule has 4 N–H and O–H groups in total. The standard InChI is InChI=1S/C20H18ClN5O3/c1-11-3-4-12(9-15(11)21)19(28)25-13-5-7-14(8-6-13)26-10-24-16(20(29)23-2)17(26)18(22)27/h3-10H,1-2H3,(H2,22,27)(H,23,29)(H,25,28). The summed E-state index contributed by atoms with van der Waals surface area (Å²) in [6.45, 7) is 1.86. The van der Waals surface area contributed by atoms with Crippen molar-refractivity contribution in [3.05, 3.63) is 76.3 Å². The molecule has 29 heavy (non-hydrogen) atoms. The molecule has 148 valence electrons. The summed E-state index contributed by atoms with van der Waals surface area (Å²) in [5.41, 5.74) is 7.75. The van der Waals surface area contributed by atoms with Crippen LogP contribution in [0, 0.1) is 6.92 Å². The number of primary amides is 1. The lowest BCUT2D eigenvalue weighted by Gasteiger charge is -2.10. The van der Waals surface area contributed by atoms with Gasteiger partial charge in [-0.1, -0.05) is 17.7 Å². The molecule has 0 fully saturated rings. The van der Waals surface area contributed by atoms with Crippen molar-refractivity contribution in [1.82, 2.24) is 14.9 Å². The van der Waals surface area contributed by atoms with Gasteiger partial charge >= 0.3 is 0 Å². The molecule has 0 aliphatic carbocycles. The highest BCUT2D eigenvalue weighted by Gasteiger charge is 2.22. The van der Waals surface area contributed by atoms with Gasteiger partial charge in [0, 0.05) is 29.0 Å². The van der Waals surface area contributed by atoms with Crippen LogP contribution >= 0.6 is 11.6 Å². The quantitative estimate of drug-likeness (QED) is 0.597. The van der Waals surface area contributed by atoms with Crippen molar-refractivity contribution in [3.63, 3.8) is 0 Å². The number of hydrogen-bond donors (Lipinski definition) is 3. The zero-order chi connectivity index (χ0) is 21.1.